The third kappa shape index (κ3) is 3.52. The van der Waals surface area contributed by atoms with E-state index in [-0.39, 0.29) is 0 Å². The van der Waals surface area contributed by atoms with Crippen LogP contribution in [-0.4, -0.2) is 42.1 Å². The lowest BCUT2D eigenvalue weighted by molar-refractivity contribution is 0.0482. The van der Waals surface area contributed by atoms with Crippen LogP contribution in [0.25, 0.3) is 0 Å². The van der Waals surface area contributed by atoms with Crippen molar-refractivity contribution in [2.75, 3.05) is 26.2 Å². The summed E-state index contributed by atoms with van der Waals surface area (Å²) in [4.78, 5) is 7.14. The number of nitrogens with zero attached hydrogens (tertiary/aromatic N) is 2. The fourth-order valence-corrected chi connectivity index (χ4v) is 3.68. The summed E-state index contributed by atoms with van der Waals surface area (Å²) in [7, 11) is 0. The molecular formula is C19H29N3O. The Morgan fingerprint density at radius 3 is 2.83 bits per heavy atom. The fraction of sp³-hybridized carbons (Fsp3) is 0.632. The van der Waals surface area contributed by atoms with Gasteiger partial charge in [0.1, 0.15) is 5.60 Å². The first-order chi connectivity index (χ1) is 11.1. The van der Waals surface area contributed by atoms with E-state index >= 15 is 0 Å². The minimum absolute atomic E-state index is 0.443. The van der Waals surface area contributed by atoms with Crippen molar-refractivity contribution in [3.63, 3.8) is 0 Å². The predicted molar refractivity (Wildman–Crippen MR) is 94.6 cm³/mol. The summed E-state index contributed by atoms with van der Waals surface area (Å²) in [6, 6.07) is 8.23. The maximum Gasteiger partial charge on any atom is 0.194 e. The highest BCUT2D eigenvalue weighted by Crippen LogP contribution is 2.36. The van der Waals surface area contributed by atoms with Crippen LogP contribution in [0.2, 0.25) is 0 Å². The number of guanidine groups is 1. The summed E-state index contributed by atoms with van der Waals surface area (Å²) in [5.41, 5.74) is 1.52. The molecule has 1 aromatic rings. The van der Waals surface area contributed by atoms with Crippen molar-refractivity contribution >= 4 is 5.96 Å². The van der Waals surface area contributed by atoms with Crippen molar-refractivity contribution in [2.24, 2.45) is 10.9 Å². The number of likely N-dealkylation sites (tertiary alicyclic amines) is 1. The second-order valence-corrected chi connectivity index (χ2v) is 7.03. The topological polar surface area (TPSA) is 47.9 Å². The average Bonchev–Trinajstić information content (AvgIpc) is 2.91. The maximum absolute atomic E-state index is 11.0. The molecule has 2 aliphatic rings. The number of rotatable bonds is 3. The van der Waals surface area contributed by atoms with E-state index in [0.29, 0.717) is 6.54 Å². The Labute approximate surface area is 139 Å². The van der Waals surface area contributed by atoms with Crippen molar-refractivity contribution in [1.29, 1.82) is 0 Å². The van der Waals surface area contributed by atoms with E-state index in [9.17, 15) is 5.11 Å². The minimum atomic E-state index is -0.805. The van der Waals surface area contributed by atoms with Crippen LogP contribution in [0.15, 0.2) is 29.3 Å². The molecule has 0 bridgehead atoms. The van der Waals surface area contributed by atoms with Crippen LogP contribution < -0.4 is 5.32 Å². The normalized spacial score (nSPS) is 25.5. The van der Waals surface area contributed by atoms with Crippen LogP contribution in [0.1, 0.15) is 44.2 Å². The molecule has 4 heteroatoms. The highest BCUT2D eigenvalue weighted by Gasteiger charge is 2.36. The van der Waals surface area contributed by atoms with Gasteiger partial charge in [-0.05, 0) is 49.7 Å². The van der Waals surface area contributed by atoms with Crippen LogP contribution in [0.4, 0.5) is 0 Å². The predicted octanol–water partition coefficient (Wildman–Crippen LogP) is 2.52. The molecule has 0 spiro atoms. The molecule has 1 fully saturated rings. The zero-order valence-corrected chi connectivity index (χ0v) is 14.4. The maximum atomic E-state index is 11.0. The molecule has 2 N–H and O–H groups in total. The highest BCUT2D eigenvalue weighted by atomic mass is 16.3. The van der Waals surface area contributed by atoms with Crippen molar-refractivity contribution < 1.29 is 5.11 Å². The van der Waals surface area contributed by atoms with Crippen molar-refractivity contribution in [3.8, 4) is 0 Å². The molecule has 3 rings (SSSR count). The number of hydrogen-bond donors (Lipinski definition) is 2. The number of piperidine rings is 1. The van der Waals surface area contributed by atoms with Crippen molar-refractivity contribution in [3.05, 3.63) is 35.4 Å². The van der Waals surface area contributed by atoms with Gasteiger partial charge in [0, 0.05) is 19.6 Å². The molecule has 0 aromatic heterocycles. The highest BCUT2D eigenvalue weighted by molar-refractivity contribution is 5.80. The van der Waals surface area contributed by atoms with Crippen LogP contribution in [0.5, 0.6) is 0 Å². The van der Waals surface area contributed by atoms with Gasteiger partial charge in [0.25, 0.3) is 0 Å². The number of aliphatic imine (C=N–C) groups is 1. The molecule has 23 heavy (non-hydrogen) atoms. The molecule has 0 amide bonds. The van der Waals surface area contributed by atoms with Crippen LogP contribution in [0, 0.1) is 5.92 Å². The fourth-order valence-electron chi connectivity index (χ4n) is 3.68. The summed E-state index contributed by atoms with van der Waals surface area (Å²) in [5, 5.41) is 14.4. The van der Waals surface area contributed by atoms with Crippen LogP contribution in [-0.2, 0) is 12.0 Å². The van der Waals surface area contributed by atoms with E-state index in [2.05, 4.69) is 30.1 Å². The number of aryl methyl sites for hydroxylation is 1. The standard InChI is InChI=1S/C19H29N3O/c1-3-20-18(22-12-9-15(2)10-13-22)21-14-19(23)11-8-16-6-4-5-7-17(16)19/h4-7,15,23H,3,8-14H2,1-2H3,(H,20,21). The Kier molecular flexibility index (Phi) is 4.90. The molecule has 0 radical (unpaired) electrons. The molecule has 4 nitrogen and oxygen atoms in total. The largest absolute Gasteiger partial charge is 0.383 e. The van der Waals surface area contributed by atoms with Gasteiger partial charge in [-0.1, -0.05) is 31.2 Å². The molecule has 1 atom stereocenters. The van der Waals surface area contributed by atoms with E-state index in [1.165, 1.54) is 18.4 Å². The number of fused-ring (bicyclic) bond motifs is 1. The van der Waals surface area contributed by atoms with Gasteiger partial charge in [0.15, 0.2) is 5.96 Å². The lowest BCUT2D eigenvalue weighted by Gasteiger charge is -2.33. The average molecular weight is 315 g/mol. The van der Waals surface area contributed by atoms with Gasteiger partial charge in [-0.2, -0.15) is 0 Å². The molecule has 0 saturated carbocycles. The van der Waals surface area contributed by atoms with Gasteiger partial charge in [0.05, 0.1) is 6.54 Å². The van der Waals surface area contributed by atoms with Crippen LogP contribution in [0.3, 0.4) is 0 Å². The van der Waals surface area contributed by atoms with Gasteiger partial charge < -0.3 is 15.3 Å². The van der Waals surface area contributed by atoms with Gasteiger partial charge in [0.2, 0.25) is 0 Å². The lowest BCUT2D eigenvalue weighted by atomic mass is 9.96. The number of benzene rings is 1. The molecule has 1 aliphatic carbocycles. The van der Waals surface area contributed by atoms with Crippen molar-refractivity contribution in [2.45, 2.75) is 45.1 Å². The number of aliphatic hydroxyl groups is 1. The molecule has 126 valence electrons. The zero-order chi connectivity index (χ0) is 16.3. The lowest BCUT2D eigenvalue weighted by Crippen LogP contribution is -2.46. The Morgan fingerprint density at radius 1 is 1.35 bits per heavy atom. The van der Waals surface area contributed by atoms with Gasteiger partial charge in [-0.15, -0.1) is 0 Å². The Bertz CT molecular complexity index is 563. The number of hydrogen-bond acceptors (Lipinski definition) is 2. The minimum Gasteiger partial charge on any atom is -0.383 e. The second-order valence-electron chi connectivity index (χ2n) is 7.03. The number of nitrogens with one attached hydrogen (secondary N) is 1. The first-order valence-electron chi connectivity index (χ1n) is 8.96. The summed E-state index contributed by atoms with van der Waals surface area (Å²) in [6.07, 6.45) is 4.15. The van der Waals surface area contributed by atoms with Gasteiger partial charge >= 0.3 is 0 Å². The molecule has 1 aromatic carbocycles. The molecular weight excluding hydrogens is 286 g/mol. The van der Waals surface area contributed by atoms with E-state index in [1.807, 2.05) is 18.2 Å². The second kappa shape index (κ2) is 6.91. The zero-order valence-electron chi connectivity index (χ0n) is 14.4. The molecule has 1 saturated heterocycles. The third-order valence-corrected chi connectivity index (χ3v) is 5.24. The van der Waals surface area contributed by atoms with Gasteiger partial charge in [-0.3, -0.25) is 0 Å². The molecule has 1 heterocycles. The first kappa shape index (κ1) is 16.3. The first-order valence-corrected chi connectivity index (χ1v) is 8.96. The quantitative estimate of drug-likeness (QED) is 0.665. The van der Waals surface area contributed by atoms with Crippen LogP contribution >= 0.6 is 0 Å². The summed E-state index contributed by atoms with van der Waals surface area (Å²) < 4.78 is 0. The third-order valence-electron chi connectivity index (χ3n) is 5.24. The Balaban J connectivity index is 1.73. The van der Waals surface area contributed by atoms with Gasteiger partial charge in [-0.25, -0.2) is 4.99 Å². The van der Waals surface area contributed by atoms with E-state index in [4.69, 9.17) is 4.99 Å². The SMILES string of the molecule is CCNC(=NCC1(O)CCc2ccccc21)N1CCC(C)CC1. The molecule has 1 unspecified atom stereocenters. The monoisotopic (exact) mass is 315 g/mol. The smallest absolute Gasteiger partial charge is 0.194 e. The summed E-state index contributed by atoms with van der Waals surface area (Å²) in [6.45, 7) is 7.84. The van der Waals surface area contributed by atoms with Crippen molar-refractivity contribution in [1.82, 2.24) is 10.2 Å². The van der Waals surface area contributed by atoms with E-state index in [0.717, 1.165) is 49.9 Å². The van der Waals surface area contributed by atoms with E-state index in [1.54, 1.807) is 0 Å². The Hall–Kier alpha value is -1.55. The summed E-state index contributed by atoms with van der Waals surface area (Å²) in [5.74, 6) is 1.76. The van der Waals surface area contributed by atoms with E-state index < -0.39 is 5.60 Å². The Morgan fingerprint density at radius 2 is 2.09 bits per heavy atom. The molecule has 1 aliphatic heterocycles. The summed E-state index contributed by atoms with van der Waals surface area (Å²) >= 11 is 0.